The van der Waals surface area contributed by atoms with Crippen molar-refractivity contribution >= 4 is 5.91 Å². The number of carbonyl (C=O) groups is 1. The van der Waals surface area contributed by atoms with Crippen LogP contribution in [0.2, 0.25) is 0 Å². The Hall–Kier alpha value is -1.62. The minimum atomic E-state index is -0.421. The van der Waals surface area contributed by atoms with E-state index in [0.29, 0.717) is 25.9 Å². The Kier molecular flexibility index (Phi) is 6.29. The number of amides is 1. The van der Waals surface area contributed by atoms with Crippen molar-refractivity contribution in [2.24, 2.45) is 0 Å². The minimum absolute atomic E-state index is 0.0345. The Morgan fingerprint density at radius 3 is 2.74 bits per heavy atom. The number of nitrogens with zero attached hydrogens (tertiary/aromatic N) is 1. The van der Waals surface area contributed by atoms with Gasteiger partial charge in [-0.25, -0.2) is 4.39 Å². The van der Waals surface area contributed by atoms with E-state index in [4.69, 9.17) is 9.84 Å². The molecule has 0 heterocycles. The molecule has 0 aromatic heterocycles. The Balaban J connectivity index is 2.56. The summed E-state index contributed by atoms with van der Waals surface area (Å²) < 4.78 is 18.3. The Bertz CT molecular complexity index is 423. The average molecular weight is 269 g/mol. The van der Waals surface area contributed by atoms with E-state index in [0.717, 1.165) is 5.56 Å². The van der Waals surface area contributed by atoms with Gasteiger partial charge >= 0.3 is 0 Å². The van der Waals surface area contributed by atoms with Crippen LogP contribution in [0.5, 0.6) is 5.75 Å². The van der Waals surface area contributed by atoms with Gasteiger partial charge in [0.25, 0.3) is 0 Å². The number of aryl methyl sites for hydroxylation is 1. The van der Waals surface area contributed by atoms with Crippen LogP contribution in [0, 0.1) is 5.82 Å². The van der Waals surface area contributed by atoms with Crippen LogP contribution < -0.4 is 4.74 Å². The molecule has 0 aliphatic rings. The second-order valence-corrected chi connectivity index (χ2v) is 4.17. The topological polar surface area (TPSA) is 49.8 Å². The normalized spacial score (nSPS) is 10.3. The third-order valence-electron chi connectivity index (χ3n) is 2.95. The summed E-state index contributed by atoms with van der Waals surface area (Å²) in [6.45, 7) is 2.72. The smallest absolute Gasteiger partial charge is 0.222 e. The SMILES string of the molecule is CCN(CCO)C(=O)CCc1ccc(OC)c(F)c1. The van der Waals surface area contributed by atoms with Crippen LogP contribution in [0.1, 0.15) is 18.9 Å². The van der Waals surface area contributed by atoms with Crippen LogP contribution in [-0.2, 0) is 11.2 Å². The highest BCUT2D eigenvalue weighted by Crippen LogP contribution is 2.18. The van der Waals surface area contributed by atoms with E-state index in [2.05, 4.69) is 0 Å². The molecule has 0 aliphatic carbocycles. The molecule has 0 aliphatic heterocycles. The number of hydrogen-bond donors (Lipinski definition) is 1. The lowest BCUT2D eigenvalue weighted by Crippen LogP contribution is -2.33. The quantitative estimate of drug-likeness (QED) is 0.818. The highest BCUT2D eigenvalue weighted by molar-refractivity contribution is 5.76. The van der Waals surface area contributed by atoms with Gasteiger partial charge < -0.3 is 14.7 Å². The van der Waals surface area contributed by atoms with Crippen LogP contribution in [0.25, 0.3) is 0 Å². The zero-order chi connectivity index (χ0) is 14.3. The lowest BCUT2D eigenvalue weighted by atomic mass is 10.1. The van der Waals surface area contributed by atoms with Crippen LogP contribution >= 0.6 is 0 Å². The fraction of sp³-hybridized carbons (Fsp3) is 0.500. The number of aliphatic hydroxyl groups is 1. The minimum Gasteiger partial charge on any atom is -0.494 e. The summed E-state index contributed by atoms with van der Waals surface area (Å²) in [5.41, 5.74) is 0.756. The first kappa shape index (κ1) is 15.4. The molecule has 1 amide bonds. The van der Waals surface area contributed by atoms with Crippen LogP contribution in [0.3, 0.4) is 0 Å². The number of rotatable bonds is 7. The molecule has 5 heteroatoms. The van der Waals surface area contributed by atoms with Crippen molar-refractivity contribution in [2.75, 3.05) is 26.8 Å². The van der Waals surface area contributed by atoms with E-state index < -0.39 is 5.82 Å². The predicted molar refractivity (Wildman–Crippen MR) is 70.6 cm³/mol. The van der Waals surface area contributed by atoms with Crippen molar-refractivity contribution in [1.82, 2.24) is 4.90 Å². The molecule has 1 aromatic rings. The number of likely N-dealkylation sites (N-methyl/N-ethyl adjacent to an activating group) is 1. The molecule has 0 radical (unpaired) electrons. The summed E-state index contributed by atoms with van der Waals surface area (Å²) in [6.07, 6.45) is 0.779. The van der Waals surface area contributed by atoms with Gasteiger partial charge in [0.1, 0.15) is 0 Å². The summed E-state index contributed by atoms with van der Waals surface area (Å²) in [7, 11) is 1.41. The summed E-state index contributed by atoms with van der Waals surface area (Å²) in [5, 5.41) is 8.84. The summed E-state index contributed by atoms with van der Waals surface area (Å²) >= 11 is 0. The van der Waals surface area contributed by atoms with Gasteiger partial charge in [-0.3, -0.25) is 4.79 Å². The molecule has 0 saturated carbocycles. The van der Waals surface area contributed by atoms with Crippen LogP contribution in [-0.4, -0.2) is 42.7 Å². The number of methoxy groups -OCH3 is 1. The number of hydrogen-bond acceptors (Lipinski definition) is 3. The fourth-order valence-corrected chi connectivity index (χ4v) is 1.85. The molecule has 1 N–H and O–H groups in total. The van der Waals surface area contributed by atoms with E-state index >= 15 is 0 Å². The Labute approximate surface area is 112 Å². The highest BCUT2D eigenvalue weighted by Gasteiger charge is 2.11. The van der Waals surface area contributed by atoms with Crippen molar-refractivity contribution in [2.45, 2.75) is 19.8 Å². The van der Waals surface area contributed by atoms with E-state index in [1.54, 1.807) is 17.0 Å². The summed E-state index contributed by atoms with van der Waals surface area (Å²) in [4.78, 5) is 13.4. The molecule has 106 valence electrons. The third kappa shape index (κ3) is 4.52. The molecular weight excluding hydrogens is 249 g/mol. The van der Waals surface area contributed by atoms with Gasteiger partial charge in [-0.05, 0) is 31.0 Å². The third-order valence-corrected chi connectivity index (χ3v) is 2.95. The van der Waals surface area contributed by atoms with E-state index in [1.807, 2.05) is 6.92 Å². The van der Waals surface area contributed by atoms with Gasteiger partial charge in [-0.2, -0.15) is 0 Å². The first-order valence-electron chi connectivity index (χ1n) is 6.33. The van der Waals surface area contributed by atoms with Crippen LogP contribution in [0.4, 0.5) is 4.39 Å². The molecule has 0 bridgehead atoms. The molecule has 1 rings (SSSR count). The number of aliphatic hydroxyl groups excluding tert-OH is 1. The Morgan fingerprint density at radius 1 is 1.47 bits per heavy atom. The summed E-state index contributed by atoms with van der Waals surface area (Å²) in [5.74, 6) is -0.256. The molecule has 0 saturated heterocycles. The van der Waals surface area contributed by atoms with Crippen LogP contribution in [0.15, 0.2) is 18.2 Å². The molecule has 1 aromatic carbocycles. The lowest BCUT2D eigenvalue weighted by Gasteiger charge is -2.19. The average Bonchev–Trinajstić information content (AvgIpc) is 2.42. The molecule has 4 nitrogen and oxygen atoms in total. The van der Waals surface area contributed by atoms with E-state index in [-0.39, 0.29) is 18.3 Å². The molecule has 0 unspecified atom stereocenters. The Morgan fingerprint density at radius 2 is 2.21 bits per heavy atom. The van der Waals surface area contributed by atoms with Gasteiger partial charge in [0.15, 0.2) is 11.6 Å². The van der Waals surface area contributed by atoms with Crippen molar-refractivity contribution in [1.29, 1.82) is 0 Å². The van der Waals surface area contributed by atoms with Crippen molar-refractivity contribution in [3.05, 3.63) is 29.6 Å². The first-order chi connectivity index (χ1) is 9.12. The number of halogens is 1. The zero-order valence-corrected chi connectivity index (χ0v) is 11.4. The first-order valence-corrected chi connectivity index (χ1v) is 6.33. The molecule has 0 fully saturated rings. The number of carbonyl (C=O) groups excluding carboxylic acids is 1. The number of benzene rings is 1. The summed E-state index contributed by atoms with van der Waals surface area (Å²) in [6, 6.07) is 4.69. The highest BCUT2D eigenvalue weighted by atomic mass is 19.1. The molecule has 19 heavy (non-hydrogen) atoms. The second-order valence-electron chi connectivity index (χ2n) is 4.17. The lowest BCUT2D eigenvalue weighted by molar-refractivity contribution is -0.131. The maximum absolute atomic E-state index is 13.5. The standard InChI is InChI=1S/C14H20FNO3/c1-3-16(8-9-17)14(18)7-5-11-4-6-13(19-2)12(15)10-11/h4,6,10,17H,3,5,7-9H2,1-2H3. The maximum Gasteiger partial charge on any atom is 0.222 e. The van der Waals surface area contributed by atoms with Crippen molar-refractivity contribution in [3.8, 4) is 5.75 Å². The predicted octanol–water partition coefficient (Wildman–Crippen LogP) is 1.61. The maximum atomic E-state index is 13.5. The molecule has 0 atom stereocenters. The fourth-order valence-electron chi connectivity index (χ4n) is 1.85. The van der Waals surface area contributed by atoms with Gasteiger partial charge in [0.2, 0.25) is 5.91 Å². The molecule has 0 spiro atoms. The van der Waals surface area contributed by atoms with Gasteiger partial charge in [0, 0.05) is 19.5 Å². The van der Waals surface area contributed by atoms with Crippen molar-refractivity contribution < 1.29 is 19.0 Å². The number of ether oxygens (including phenoxy) is 1. The molecular formula is C14H20FNO3. The van der Waals surface area contributed by atoms with E-state index in [9.17, 15) is 9.18 Å². The van der Waals surface area contributed by atoms with Gasteiger partial charge in [-0.15, -0.1) is 0 Å². The van der Waals surface area contributed by atoms with E-state index in [1.165, 1.54) is 13.2 Å². The van der Waals surface area contributed by atoms with Crippen molar-refractivity contribution in [3.63, 3.8) is 0 Å². The second kappa shape index (κ2) is 7.74. The van der Waals surface area contributed by atoms with Gasteiger partial charge in [0.05, 0.1) is 13.7 Å². The van der Waals surface area contributed by atoms with Gasteiger partial charge in [-0.1, -0.05) is 6.07 Å². The zero-order valence-electron chi connectivity index (χ0n) is 11.4. The monoisotopic (exact) mass is 269 g/mol. The largest absolute Gasteiger partial charge is 0.494 e.